The fourth-order valence-electron chi connectivity index (χ4n) is 3.65. The number of piperidine rings is 1. The van der Waals surface area contributed by atoms with Gasteiger partial charge in [0.05, 0.1) is 5.52 Å². The molecule has 6 nitrogen and oxygen atoms in total. The minimum atomic E-state index is 0.463. The lowest BCUT2D eigenvalue weighted by Gasteiger charge is -2.24. The normalized spacial score (nSPS) is 15.8. The number of hydrogen-bond donors (Lipinski definition) is 4. The van der Waals surface area contributed by atoms with Gasteiger partial charge in [-0.3, -0.25) is 5.10 Å². The van der Waals surface area contributed by atoms with Gasteiger partial charge in [-0.2, -0.15) is 5.10 Å². The van der Waals surface area contributed by atoms with Gasteiger partial charge >= 0.3 is 0 Å². The summed E-state index contributed by atoms with van der Waals surface area (Å²) in [6.07, 6.45) is 4.17. The molecule has 1 saturated heterocycles. The van der Waals surface area contributed by atoms with E-state index in [-0.39, 0.29) is 0 Å². The predicted molar refractivity (Wildman–Crippen MR) is 101 cm³/mol. The van der Waals surface area contributed by atoms with Crippen LogP contribution in [0.4, 0.5) is 5.82 Å². The molecule has 0 unspecified atom stereocenters. The van der Waals surface area contributed by atoms with E-state index in [0.29, 0.717) is 6.04 Å². The van der Waals surface area contributed by atoms with E-state index in [4.69, 9.17) is 4.98 Å². The van der Waals surface area contributed by atoms with Gasteiger partial charge in [0.25, 0.3) is 0 Å². The number of anilines is 1. The molecule has 1 aromatic carbocycles. The first-order valence-electron chi connectivity index (χ1n) is 8.77. The summed E-state index contributed by atoms with van der Waals surface area (Å²) >= 11 is 0. The number of para-hydroxylation sites is 1. The molecule has 4 aromatic rings. The Morgan fingerprint density at radius 2 is 1.92 bits per heavy atom. The summed E-state index contributed by atoms with van der Waals surface area (Å²) in [6, 6.07) is 12.9. The van der Waals surface area contributed by atoms with Crippen molar-refractivity contribution in [1.29, 1.82) is 0 Å². The van der Waals surface area contributed by atoms with E-state index in [1.807, 2.05) is 18.3 Å². The summed E-state index contributed by atoms with van der Waals surface area (Å²) in [4.78, 5) is 8.00. The smallest absolute Gasteiger partial charge is 0.140 e. The maximum atomic E-state index is 4.75. The number of rotatable bonds is 3. The van der Waals surface area contributed by atoms with Crippen LogP contribution in [0.1, 0.15) is 12.8 Å². The maximum Gasteiger partial charge on any atom is 0.140 e. The van der Waals surface area contributed by atoms with Crippen molar-refractivity contribution in [2.45, 2.75) is 18.9 Å². The van der Waals surface area contributed by atoms with Crippen LogP contribution in [0.15, 0.2) is 42.6 Å². The van der Waals surface area contributed by atoms with Gasteiger partial charge in [-0.05, 0) is 44.1 Å². The zero-order chi connectivity index (χ0) is 16.6. The van der Waals surface area contributed by atoms with Crippen molar-refractivity contribution in [3.05, 3.63) is 42.6 Å². The van der Waals surface area contributed by atoms with Gasteiger partial charge in [0, 0.05) is 28.6 Å². The topological polar surface area (TPSA) is 81.4 Å². The summed E-state index contributed by atoms with van der Waals surface area (Å²) in [5, 5.41) is 16.9. The van der Waals surface area contributed by atoms with E-state index >= 15 is 0 Å². The van der Waals surface area contributed by atoms with Gasteiger partial charge in [0.1, 0.15) is 17.2 Å². The molecule has 3 aromatic heterocycles. The SMILES string of the molecule is c1ccc2c(-c3cc(NC4CCNCC4)nc4[nH]ccc34)n[nH]c2c1. The average molecular weight is 332 g/mol. The molecule has 6 heteroatoms. The number of nitrogens with one attached hydrogen (secondary N) is 4. The van der Waals surface area contributed by atoms with E-state index in [1.165, 1.54) is 0 Å². The molecular formula is C19H20N6. The highest BCUT2D eigenvalue weighted by Gasteiger charge is 2.17. The third-order valence-corrected chi connectivity index (χ3v) is 4.95. The largest absolute Gasteiger partial charge is 0.367 e. The van der Waals surface area contributed by atoms with E-state index in [1.54, 1.807) is 0 Å². The van der Waals surface area contributed by atoms with Crippen LogP contribution in [0.5, 0.6) is 0 Å². The van der Waals surface area contributed by atoms with Gasteiger partial charge in [-0.25, -0.2) is 4.98 Å². The van der Waals surface area contributed by atoms with Crippen molar-refractivity contribution in [2.24, 2.45) is 0 Å². The van der Waals surface area contributed by atoms with Crippen molar-refractivity contribution in [2.75, 3.05) is 18.4 Å². The maximum absolute atomic E-state index is 4.75. The molecule has 126 valence electrons. The third-order valence-electron chi connectivity index (χ3n) is 4.95. The molecular weight excluding hydrogens is 312 g/mol. The molecule has 0 radical (unpaired) electrons. The molecule has 0 saturated carbocycles. The first-order valence-corrected chi connectivity index (χ1v) is 8.77. The molecule has 1 aliphatic heterocycles. The van der Waals surface area contributed by atoms with Crippen LogP contribution in [0, 0.1) is 0 Å². The van der Waals surface area contributed by atoms with E-state index < -0.39 is 0 Å². The molecule has 4 N–H and O–H groups in total. The molecule has 0 atom stereocenters. The Balaban J connectivity index is 1.62. The minimum absolute atomic E-state index is 0.463. The Hall–Kier alpha value is -2.86. The van der Waals surface area contributed by atoms with Crippen LogP contribution >= 0.6 is 0 Å². The van der Waals surface area contributed by atoms with Crippen molar-refractivity contribution >= 4 is 27.8 Å². The number of aromatic amines is 2. The summed E-state index contributed by atoms with van der Waals surface area (Å²) in [5.41, 5.74) is 4.00. The minimum Gasteiger partial charge on any atom is -0.367 e. The number of pyridine rings is 1. The monoisotopic (exact) mass is 332 g/mol. The van der Waals surface area contributed by atoms with Crippen molar-refractivity contribution in [3.8, 4) is 11.3 Å². The molecule has 1 fully saturated rings. The van der Waals surface area contributed by atoms with Crippen LogP contribution in [0.3, 0.4) is 0 Å². The Morgan fingerprint density at radius 3 is 2.84 bits per heavy atom. The Kier molecular flexibility index (Phi) is 3.41. The van der Waals surface area contributed by atoms with Crippen LogP contribution < -0.4 is 10.6 Å². The zero-order valence-corrected chi connectivity index (χ0v) is 13.8. The molecule has 0 aliphatic carbocycles. The predicted octanol–water partition coefficient (Wildman–Crippen LogP) is 3.27. The fourth-order valence-corrected chi connectivity index (χ4v) is 3.65. The first kappa shape index (κ1) is 14.5. The molecule has 25 heavy (non-hydrogen) atoms. The third kappa shape index (κ3) is 2.55. The summed E-state index contributed by atoms with van der Waals surface area (Å²) < 4.78 is 0. The van der Waals surface area contributed by atoms with Gasteiger partial charge in [0.2, 0.25) is 0 Å². The zero-order valence-electron chi connectivity index (χ0n) is 13.8. The number of benzene rings is 1. The number of hydrogen-bond acceptors (Lipinski definition) is 4. The molecule has 4 heterocycles. The van der Waals surface area contributed by atoms with Crippen molar-refractivity contribution < 1.29 is 0 Å². The summed E-state index contributed by atoms with van der Waals surface area (Å²) in [5.74, 6) is 0.906. The second-order valence-electron chi connectivity index (χ2n) is 6.58. The highest BCUT2D eigenvalue weighted by molar-refractivity contribution is 6.02. The summed E-state index contributed by atoms with van der Waals surface area (Å²) in [6.45, 7) is 2.11. The fraction of sp³-hybridized carbons (Fsp3) is 0.263. The lowest BCUT2D eigenvalue weighted by atomic mass is 10.0. The van der Waals surface area contributed by atoms with Gasteiger partial charge < -0.3 is 15.6 Å². The average Bonchev–Trinajstić information content (AvgIpc) is 3.29. The molecule has 5 rings (SSSR count). The van der Waals surface area contributed by atoms with Gasteiger partial charge in [-0.15, -0.1) is 0 Å². The molecule has 1 aliphatic rings. The standard InChI is InChI=1S/C19H20N6/c1-2-4-16-14(3-1)18(25-24-16)15-11-17(22-12-5-8-20-9-6-12)23-19-13(15)7-10-21-19/h1-4,7,10-12,20H,5-6,8-9H2,(H,24,25)(H2,21,22,23). The quantitative estimate of drug-likeness (QED) is 0.464. The lowest BCUT2D eigenvalue weighted by molar-refractivity contribution is 0.478. The highest BCUT2D eigenvalue weighted by atomic mass is 15.1. The summed E-state index contributed by atoms with van der Waals surface area (Å²) in [7, 11) is 0. The second kappa shape index (κ2) is 5.89. The Labute approximate surface area is 145 Å². The highest BCUT2D eigenvalue weighted by Crippen LogP contribution is 2.33. The first-order chi connectivity index (χ1) is 12.4. The Bertz CT molecular complexity index is 1020. The molecule has 0 spiro atoms. The lowest BCUT2D eigenvalue weighted by Crippen LogP contribution is -2.35. The molecule has 0 bridgehead atoms. The van der Waals surface area contributed by atoms with Gasteiger partial charge in [-0.1, -0.05) is 18.2 Å². The van der Waals surface area contributed by atoms with Crippen LogP contribution in [0.25, 0.3) is 33.2 Å². The van der Waals surface area contributed by atoms with Crippen molar-refractivity contribution in [1.82, 2.24) is 25.5 Å². The second-order valence-corrected chi connectivity index (χ2v) is 6.58. The number of H-pyrrole nitrogens is 2. The number of fused-ring (bicyclic) bond motifs is 2. The number of nitrogens with zero attached hydrogens (tertiary/aromatic N) is 2. The van der Waals surface area contributed by atoms with Crippen molar-refractivity contribution in [3.63, 3.8) is 0 Å². The van der Waals surface area contributed by atoms with Crippen LogP contribution in [-0.2, 0) is 0 Å². The van der Waals surface area contributed by atoms with Crippen LogP contribution in [-0.4, -0.2) is 39.3 Å². The van der Waals surface area contributed by atoms with Crippen LogP contribution in [0.2, 0.25) is 0 Å². The van der Waals surface area contributed by atoms with Gasteiger partial charge in [0.15, 0.2) is 0 Å². The van der Waals surface area contributed by atoms with E-state index in [2.05, 4.69) is 50.1 Å². The molecule has 0 amide bonds. The Morgan fingerprint density at radius 1 is 1.04 bits per heavy atom. The van der Waals surface area contributed by atoms with E-state index in [9.17, 15) is 0 Å². The van der Waals surface area contributed by atoms with E-state index in [0.717, 1.165) is 64.9 Å². The number of aromatic nitrogens is 4.